The average molecular weight is 347 g/mol. The van der Waals surface area contributed by atoms with E-state index in [1.807, 2.05) is 25.1 Å². The lowest BCUT2D eigenvalue weighted by atomic mass is 9.88. The zero-order valence-corrected chi connectivity index (χ0v) is 15.0. The molecule has 2 aliphatic rings. The number of fused-ring (bicyclic) bond motifs is 1. The second kappa shape index (κ2) is 6.54. The van der Waals surface area contributed by atoms with Gasteiger partial charge in [-0.05, 0) is 49.5 Å². The molecular weight excluding hydrogens is 326 g/mol. The molecule has 0 N–H and O–H groups in total. The first-order valence-electron chi connectivity index (χ1n) is 8.94. The minimum absolute atomic E-state index is 0.0144. The minimum atomic E-state index is -0.258. The Morgan fingerprint density at radius 3 is 2.27 bits per heavy atom. The molecule has 2 aromatic rings. The number of imide groups is 1. The van der Waals surface area contributed by atoms with Crippen molar-refractivity contribution in [3.63, 3.8) is 0 Å². The highest BCUT2D eigenvalue weighted by atomic mass is 16.5. The molecule has 0 aromatic heterocycles. The van der Waals surface area contributed by atoms with Crippen LogP contribution in [0.25, 0.3) is 5.57 Å². The number of hydrogen-bond donors (Lipinski definition) is 0. The fourth-order valence-electron chi connectivity index (χ4n) is 3.96. The number of rotatable bonds is 3. The Hall–Kier alpha value is -2.72. The molecule has 2 amide bonds. The Kier molecular flexibility index (Phi) is 4.21. The predicted octanol–water partition coefficient (Wildman–Crippen LogP) is 4.38. The zero-order valence-electron chi connectivity index (χ0n) is 15.0. The normalized spacial score (nSPS) is 19.5. The molecule has 0 bridgehead atoms. The van der Waals surface area contributed by atoms with E-state index in [1.165, 1.54) is 4.90 Å². The molecule has 1 atom stereocenters. The number of amides is 2. The molecular formula is C22H21NO3. The maximum atomic E-state index is 13.0. The Balaban J connectivity index is 1.88. The van der Waals surface area contributed by atoms with Crippen LogP contribution in [0.3, 0.4) is 0 Å². The van der Waals surface area contributed by atoms with Gasteiger partial charge in [-0.25, -0.2) is 4.90 Å². The van der Waals surface area contributed by atoms with Gasteiger partial charge in [0.2, 0.25) is 0 Å². The fraction of sp³-hybridized carbons (Fsp3) is 0.273. The van der Waals surface area contributed by atoms with E-state index in [9.17, 15) is 9.59 Å². The van der Waals surface area contributed by atoms with Crippen molar-refractivity contribution in [1.82, 2.24) is 0 Å². The van der Waals surface area contributed by atoms with Crippen molar-refractivity contribution in [3.8, 4) is 0 Å². The van der Waals surface area contributed by atoms with Gasteiger partial charge in [0.25, 0.3) is 11.8 Å². The van der Waals surface area contributed by atoms with Crippen molar-refractivity contribution < 1.29 is 14.3 Å². The number of para-hydroxylation sites is 1. The van der Waals surface area contributed by atoms with E-state index in [-0.39, 0.29) is 17.9 Å². The van der Waals surface area contributed by atoms with E-state index in [0.717, 1.165) is 36.0 Å². The van der Waals surface area contributed by atoms with E-state index in [0.29, 0.717) is 16.8 Å². The third-order valence-electron chi connectivity index (χ3n) is 5.23. The van der Waals surface area contributed by atoms with Crippen LogP contribution in [0.2, 0.25) is 0 Å². The van der Waals surface area contributed by atoms with Gasteiger partial charge in [0, 0.05) is 12.7 Å². The number of carbonyl (C=O) groups is 2. The van der Waals surface area contributed by atoms with Gasteiger partial charge in [0.05, 0.1) is 22.9 Å². The summed E-state index contributed by atoms with van der Waals surface area (Å²) in [6.07, 6.45) is 5.16. The van der Waals surface area contributed by atoms with Crippen molar-refractivity contribution in [2.75, 3.05) is 12.0 Å². The van der Waals surface area contributed by atoms with Crippen molar-refractivity contribution in [3.05, 3.63) is 70.8 Å². The van der Waals surface area contributed by atoms with E-state index < -0.39 is 0 Å². The summed E-state index contributed by atoms with van der Waals surface area (Å²) < 4.78 is 5.67. The second-order valence-electron chi connectivity index (χ2n) is 6.78. The summed E-state index contributed by atoms with van der Waals surface area (Å²) in [5.41, 5.74) is 4.48. The largest absolute Gasteiger partial charge is 0.377 e. The lowest BCUT2D eigenvalue weighted by molar-refractivity contribution is 0.0925. The molecule has 4 nitrogen and oxygen atoms in total. The number of anilines is 1. The molecule has 4 rings (SSSR count). The molecule has 0 saturated heterocycles. The SMILES string of the molecule is COC1CCCC=C1c1cccc(C)c1N1C(=O)c2ccccc2C1=O. The fourth-order valence-corrected chi connectivity index (χ4v) is 3.96. The van der Waals surface area contributed by atoms with Crippen LogP contribution < -0.4 is 4.90 Å². The molecule has 1 aliphatic heterocycles. The predicted molar refractivity (Wildman–Crippen MR) is 101 cm³/mol. The third kappa shape index (κ3) is 2.49. The van der Waals surface area contributed by atoms with Crippen LogP contribution in [0.4, 0.5) is 5.69 Å². The lowest BCUT2D eigenvalue weighted by Crippen LogP contribution is -2.31. The molecule has 0 spiro atoms. The van der Waals surface area contributed by atoms with Crippen LogP contribution >= 0.6 is 0 Å². The Morgan fingerprint density at radius 2 is 1.62 bits per heavy atom. The van der Waals surface area contributed by atoms with Gasteiger partial charge in [0.15, 0.2) is 0 Å². The number of aryl methyl sites for hydroxylation is 1. The highest BCUT2D eigenvalue weighted by Gasteiger charge is 2.38. The maximum absolute atomic E-state index is 13.0. The highest BCUT2D eigenvalue weighted by molar-refractivity contribution is 6.35. The van der Waals surface area contributed by atoms with Crippen molar-refractivity contribution >= 4 is 23.1 Å². The highest BCUT2D eigenvalue weighted by Crippen LogP contribution is 2.39. The average Bonchev–Trinajstić information content (AvgIpc) is 2.93. The summed E-state index contributed by atoms with van der Waals surface area (Å²) in [6, 6.07) is 12.9. The molecule has 1 aliphatic carbocycles. The van der Waals surface area contributed by atoms with Crippen LogP contribution in [-0.2, 0) is 4.74 Å². The van der Waals surface area contributed by atoms with Gasteiger partial charge in [-0.1, -0.05) is 36.4 Å². The quantitative estimate of drug-likeness (QED) is 0.774. The van der Waals surface area contributed by atoms with E-state index in [1.54, 1.807) is 31.4 Å². The molecule has 0 fully saturated rings. The van der Waals surface area contributed by atoms with Crippen LogP contribution in [0.1, 0.15) is 51.1 Å². The maximum Gasteiger partial charge on any atom is 0.266 e. The van der Waals surface area contributed by atoms with Gasteiger partial charge in [-0.15, -0.1) is 0 Å². The van der Waals surface area contributed by atoms with Gasteiger partial charge < -0.3 is 4.74 Å². The summed E-state index contributed by atoms with van der Waals surface area (Å²) in [6.45, 7) is 1.94. The van der Waals surface area contributed by atoms with Crippen LogP contribution in [-0.4, -0.2) is 25.0 Å². The summed E-state index contributed by atoms with van der Waals surface area (Å²) in [5.74, 6) is -0.516. The summed E-state index contributed by atoms with van der Waals surface area (Å²) in [4.78, 5) is 27.3. The zero-order chi connectivity index (χ0) is 18.3. The van der Waals surface area contributed by atoms with Gasteiger partial charge in [0.1, 0.15) is 0 Å². The molecule has 2 aromatic carbocycles. The Morgan fingerprint density at radius 1 is 0.962 bits per heavy atom. The number of ether oxygens (including phenoxy) is 1. The van der Waals surface area contributed by atoms with Crippen LogP contribution in [0.5, 0.6) is 0 Å². The van der Waals surface area contributed by atoms with Gasteiger partial charge in [-0.3, -0.25) is 9.59 Å². The van der Waals surface area contributed by atoms with Crippen molar-refractivity contribution in [2.45, 2.75) is 32.3 Å². The molecule has 0 saturated carbocycles. The number of nitrogens with zero attached hydrogens (tertiary/aromatic N) is 1. The number of benzene rings is 2. The minimum Gasteiger partial charge on any atom is -0.377 e. The van der Waals surface area contributed by atoms with E-state index in [2.05, 4.69) is 6.08 Å². The number of allylic oxidation sites excluding steroid dienone is 1. The molecule has 26 heavy (non-hydrogen) atoms. The van der Waals surface area contributed by atoms with Gasteiger partial charge >= 0.3 is 0 Å². The standard InChI is InChI=1S/C22H21NO3/c1-14-8-7-12-16(15-9-5-6-13-19(15)26-2)20(14)23-21(24)17-10-3-4-11-18(17)22(23)25/h3-4,7-12,19H,5-6,13H2,1-2H3. The van der Waals surface area contributed by atoms with Crippen LogP contribution in [0.15, 0.2) is 48.5 Å². The lowest BCUT2D eigenvalue weighted by Gasteiger charge is -2.28. The summed E-state index contributed by atoms with van der Waals surface area (Å²) in [7, 11) is 1.71. The van der Waals surface area contributed by atoms with Crippen LogP contribution in [0, 0.1) is 6.92 Å². The Bertz CT molecular complexity index is 894. The number of hydrogen-bond acceptors (Lipinski definition) is 3. The monoisotopic (exact) mass is 347 g/mol. The molecule has 1 heterocycles. The first-order chi connectivity index (χ1) is 12.6. The number of methoxy groups -OCH3 is 1. The van der Waals surface area contributed by atoms with E-state index >= 15 is 0 Å². The topological polar surface area (TPSA) is 46.6 Å². The second-order valence-corrected chi connectivity index (χ2v) is 6.78. The molecule has 4 heteroatoms. The first-order valence-corrected chi connectivity index (χ1v) is 8.94. The first kappa shape index (κ1) is 16.7. The number of carbonyl (C=O) groups excluding carboxylic acids is 2. The third-order valence-corrected chi connectivity index (χ3v) is 5.23. The molecule has 0 radical (unpaired) electrons. The summed E-state index contributed by atoms with van der Waals surface area (Å²) >= 11 is 0. The summed E-state index contributed by atoms with van der Waals surface area (Å²) in [5, 5.41) is 0. The smallest absolute Gasteiger partial charge is 0.266 e. The van der Waals surface area contributed by atoms with Crippen molar-refractivity contribution in [2.24, 2.45) is 0 Å². The van der Waals surface area contributed by atoms with Crippen molar-refractivity contribution in [1.29, 1.82) is 0 Å². The van der Waals surface area contributed by atoms with E-state index in [4.69, 9.17) is 4.74 Å². The Labute approximate surface area is 153 Å². The molecule has 1 unspecified atom stereocenters. The molecule has 132 valence electrons. The van der Waals surface area contributed by atoms with Gasteiger partial charge in [-0.2, -0.15) is 0 Å².